The summed E-state index contributed by atoms with van der Waals surface area (Å²) in [6.07, 6.45) is 0.800. The van der Waals surface area contributed by atoms with Crippen molar-refractivity contribution in [3.05, 3.63) is 88.9 Å². The second kappa shape index (κ2) is 14.4. The van der Waals surface area contributed by atoms with Crippen molar-refractivity contribution in [2.75, 3.05) is 46.5 Å². The van der Waals surface area contributed by atoms with Gasteiger partial charge < -0.3 is 19.5 Å². The monoisotopic (exact) mass is 614 g/mol. The van der Waals surface area contributed by atoms with E-state index in [1.807, 2.05) is 18.2 Å². The third kappa shape index (κ3) is 7.45. The van der Waals surface area contributed by atoms with Gasteiger partial charge in [-0.2, -0.15) is 0 Å². The topological polar surface area (TPSA) is 94.2 Å². The van der Waals surface area contributed by atoms with Crippen LogP contribution in [0.4, 0.5) is 0 Å². The summed E-state index contributed by atoms with van der Waals surface area (Å²) in [6, 6.07) is 21.5. The van der Waals surface area contributed by atoms with Crippen molar-refractivity contribution in [1.29, 1.82) is 0 Å². The molecule has 0 saturated carbocycles. The van der Waals surface area contributed by atoms with Crippen LogP contribution in [0.5, 0.6) is 11.5 Å². The van der Waals surface area contributed by atoms with Gasteiger partial charge in [-0.1, -0.05) is 35.9 Å². The number of methoxy groups -OCH3 is 1. The van der Waals surface area contributed by atoms with Gasteiger partial charge in [-0.3, -0.25) is 9.69 Å². The normalized spacial score (nSPS) is 17.3. The number of hydrogen-bond donors (Lipinski definition) is 1. The molecule has 2 atom stereocenters. The van der Waals surface area contributed by atoms with Crippen LogP contribution in [0.3, 0.4) is 0 Å². The van der Waals surface area contributed by atoms with E-state index < -0.39 is 20.6 Å². The molecule has 1 aliphatic heterocycles. The van der Waals surface area contributed by atoms with Crippen LogP contribution in [-0.4, -0.2) is 70.5 Å². The Labute approximate surface area is 253 Å². The molecule has 226 valence electrons. The summed E-state index contributed by atoms with van der Waals surface area (Å²) < 4.78 is 42.0. The Balaban J connectivity index is 1.38. The number of nitrogens with one attached hydrogen (secondary N) is 1. The predicted octanol–water partition coefficient (Wildman–Crippen LogP) is 5.10. The number of rotatable bonds is 13. The van der Waals surface area contributed by atoms with E-state index in [1.165, 1.54) is 31.7 Å². The Hall–Kier alpha value is -3.11. The van der Waals surface area contributed by atoms with E-state index in [0.29, 0.717) is 23.7 Å². The number of sulfone groups is 1. The molecule has 0 aromatic heterocycles. The Bertz CT molecular complexity index is 1430. The van der Waals surface area contributed by atoms with Gasteiger partial charge in [0.25, 0.3) is 0 Å². The molecule has 2 unspecified atom stereocenters. The summed E-state index contributed by atoms with van der Waals surface area (Å²) in [7, 11) is -2.58. The SMILES string of the molecule is CCOC(=O)C(C)(Cc1ccc(OCCCN2CCNCC2c2cccc(Cl)c2)cc1)S(=O)(=O)c1ccc(OC)cc1. The molecular formula is C32H39ClN2O6S. The molecule has 1 heterocycles. The second-order valence-corrected chi connectivity index (χ2v) is 13.3. The highest BCUT2D eigenvalue weighted by atomic mass is 35.5. The Morgan fingerprint density at radius 2 is 1.79 bits per heavy atom. The number of benzene rings is 3. The zero-order valence-corrected chi connectivity index (χ0v) is 25.9. The van der Waals surface area contributed by atoms with Gasteiger partial charge in [-0.25, -0.2) is 8.42 Å². The van der Waals surface area contributed by atoms with Crippen molar-refractivity contribution in [3.8, 4) is 11.5 Å². The van der Waals surface area contributed by atoms with Gasteiger partial charge in [0.1, 0.15) is 11.5 Å². The fraction of sp³-hybridized carbons (Fsp3) is 0.406. The largest absolute Gasteiger partial charge is 0.497 e. The zero-order valence-electron chi connectivity index (χ0n) is 24.3. The lowest BCUT2D eigenvalue weighted by Gasteiger charge is -2.36. The van der Waals surface area contributed by atoms with E-state index in [-0.39, 0.29) is 24.0 Å². The van der Waals surface area contributed by atoms with Crippen molar-refractivity contribution in [3.63, 3.8) is 0 Å². The van der Waals surface area contributed by atoms with Crippen LogP contribution in [0.2, 0.25) is 5.02 Å². The maximum absolute atomic E-state index is 13.7. The van der Waals surface area contributed by atoms with Crippen molar-refractivity contribution >= 4 is 27.4 Å². The lowest BCUT2D eigenvalue weighted by molar-refractivity contribution is -0.145. The number of ether oxygens (including phenoxy) is 3. The summed E-state index contributed by atoms with van der Waals surface area (Å²) >= 11 is 6.23. The highest BCUT2D eigenvalue weighted by molar-refractivity contribution is 7.93. The van der Waals surface area contributed by atoms with Crippen molar-refractivity contribution in [2.24, 2.45) is 0 Å². The number of carbonyl (C=O) groups is 1. The zero-order chi connectivity index (χ0) is 30.2. The Morgan fingerprint density at radius 1 is 1.07 bits per heavy atom. The van der Waals surface area contributed by atoms with Gasteiger partial charge in [0, 0.05) is 43.7 Å². The van der Waals surface area contributed by atoms with Gasteiger partial charge in [0.15, 0.2) is 14.6 Å². The number of carbonyl (C=O) groups excluding carboxylic acids is 1. The number of nitrogens with zero attached hydrogens (tertiary/aromatic N) is 1. The fourth-order valence-corrected chi connectivity index (χ4v) is 7.03. The Kier molecular flexibility index (Phi) is 10.9. The summed E-state index contributed by atoms with van der Waals surface area (Å²) in [4.78, 5) is 15.5. The maximum atomic E-state index is 13.7. The first-order valence-corrected chi connectivity index (χ1v) is 16.0. The molecule has 10 heteroatoms. The molecule has 1 aliphatic rings. The van der Waals surface area contributed by atoms with Crippen LogP contribution in [0.25, 0.3) is 0 Å². The molecule has 1 saturated heterocycles. The fourth-order valence-electron chi connectivity index (χ4n) is 5.18. The second-order valence-electron chi connectivity index (χ2n) is 10.5. The molecule has 0 amide bonds. The Morgan fingerprint density at radius 3 is 2.45 bits per heavy atom. The van der Waals surface area contributed by atoms with Crippen LogP contribution in [0, 0.1) is 0 Å². The third-order valence-electron chi connectivity index (χ3n) is 7.58. The highest BCUT2D eigenvalue weighted by Crippen LogP contribution is 2.32. The molecule has 0 spiro atoms. The minimum Gasteiger partial charge on any atom is -0.497 e. The number of halogens is 1. The molecule has 0 radical (unpaired) electrons. The molecule has 4 rings (SSSR count). The van der Waals surface area contributed by atoms with Crippen LogP contribution < -0.4 is 14.8 Å². The number of piperazine rings is 1. The van der Waals surface area contributed by atoms with Gasteiger partial charge in [0.05, 0.1) is 25.2 Å². The average molecular weight is 615 g/mol. The van der Waals surface area contributed by atoms with Crippen molar-refractivity contribution in [1.82, 2.24) is 10.2 Å². The van der Waals surface area contributed by atoms with Crippen molar-refractivity contribution < 1.29 is 27.4 Å². The van der Waals surface area contributed by atoms with Crippen LogP contribution in [0.1, 0.15) is 37.4 Å². The third-order valence-corrected chi connectivity index (χ3v) is 10.2. The summed E-state index contributed by atoms with van der Waals surface area (Å²) in [5.74, 6) is 0.419. The number of hydrogen-bond acceptors (Lipinski definition) is 8. The van der Waals surface area contributed by atoms with Crippen LogP contribution >= 0.6 is 11.6 Å². The van der Waals surface area contributed by atoms with Gasteiger partial charge in [-0.05, 0) is 79.9 Å². The smallest absolute Gasteiger partial charge is 0.327 e. The van der Waals surface area contributed by atoms with Gasteiger partial charge in [-0.15, -0.1) is 0 Å². The first-order chi connectivity index (χ1) is 20.2. The van der Waals surface area contributed by atoms with E-state index >= 15 is 0 Å². The van der Waals surface area contributed by atoms with E-state index in [0.717, 1.165) is 37.6 Å². The molecule has 42 heavy (non-hydrogen) atoms. The molecule has 8 nitrogen and oxygen atoms in total. The van der Waals surface area contributed by atoms with Gasteiger partial charge in [0.2, 0.25) is 0 Å². The molecule has 3 aromatic carbocycles. The molecule has 3 aromatic rings. The first kappa shape index (κ1) is 31.8. The summed E-state index contributed by atoms with van der Waals surface area (Å²) in [5, 5.41) is 4.21. The minimum atomic E-state index is -4.09. The lowest BCUT2D eigenvalue weighted by atomic mass is 10.00. The molecule has 0 bridgehead atoms. The highest BCUT2D eigenvalue weighted by Gasteiger charge is 2.48. The van der Waals surface area contributed by atoms with Gasteiger partial charge >= 0.3 is 5.97 Å². The molecule has 1 fully saturated rings. The lowest BCUT2D eigenvalue weighted by Crippen LogP contribution is -2.46. The summed E-state index contributed by atoms with van der Waals surface area (Å²) in [6.45, 7) is 7.35. The van der Waals surface area contributed by atoms with Crippen LogP contribution in [0.15, 0.2) is 77.7 Å². The summed E-state index contributed by atoms with van der Waals surface area (Å²) in [5.41, 5.74) is 1.88. The molecular weight excluding hydrogens is 576 g/mol. The van der Waals surface area contributed by atoms with E-state index in [4.69, 9.17) is 25.8 Å². The van der Waals surface area contributed by atoms with Crippen molar-refractivity contribution in [2.45, 2.75) is 42.4 Å². The van der Waals surface area contributed by atoms with E-state index in [9.17, 15) is 13.2 Å². The molecule has 0 aliphatic carbocycles. The maximum Gasteiger partial charge on any atom is 0.327 e. The number of esters is 1. The minimum absolute atomic E-state index is 0.0286. The average Bonchev–Trinajstić information content (AvgIpc) is 3.00. The molecule has 1 N–H and O–H groups in total. The quantitative estimate of drug-likeness (QED) is 0.210. The van der Waals surface area contributed by atoms with Crippen LogP contribution in [-0.2, 0) is 25.8 Å². The predicted molar refractivity (Wildman–Crippen MR) is 164 cm³/mol. The first-order valence-electron chi connectivity index (χ1n) is 14.2. The van der Waals surface area contributed by atoms with E-state index in [2.05, 4.69) is 16.3 Å². The standard InChI is InChI=1S/C32H39ClN2O6S/c1-4-40-31(36)32(2,42(37,38)29-15-13-27(39-3)14-16-29)22-24-9-11-28(12-10-24)41-20-6-18-35-19-17-34-23-30(35)25-7-5-8-26(33)21-25/h5,7-16,21,30,34H,4,6,17-20,22-23H2,1-3H3. The van der Waals surface area contributed by atoms with E-state index in [1.54, 1.807) is 43.3 Å².